The summed E-state index contributed by atoms with van der Waals surface area (Å²) in [6.07, 6.45) is 2.25. The fourth-order valence-corrected chi connectivity index (χ4v) is 1.99. The molecule has 19 heavy (non-hydrogen) atoms. The Bertz CT molecular complexity index is 535. The molecule has 0 heterocycles. The molecule has 0 saturated heterocycles. The topological polar surface area (TPSA) is 38.0 Å². The molecule has 0 atom stereocenters. The maximum Gasteiger partial charge on any atom is 0.125 e. The lowest BCUT2D eigenvalue weighted by atomic mass is 10.1. The monoisotopic (exact) mass is 258 g/mol. The minimum atomic E-state index is -0.282. The van der Waals surface area contributed by atoms with Gasteiger partial charge in [-0.1, -0.05) is 37.6 Å². The summed E-state index contributed by atoms with van der Waals surface area (Å²) in [4.78, 5) is 0. The Morgan fingerprint density at radius 2 is 1.74 bits per heavy atom. The second-order valence-corrected chi connectivity index (χ2v) is 4.65. The second-order valence-electron chi connectivity index (χ2n) is 4.65. The Kier molecular flexibility index (Phi) is 4.39. The van der Waals surface area contributed by atoms with Crippen LogP contribution in [0.5, 0.6) is 0 Å². The number of anilines is 2. The highest BCUT2D eigenvalue weighted by atomic mass is 19.1. The van der Waals surface area contributed by atoms with Crippen LogP contribution in [-0.2, 0) is 13.0 Å². The van der Waals surface area contributed by atoms with Crippen LogP contribution in [0.4, 0.5) is 15.8 Å². The molecule has 0 unspecified atom stereocenters. The van der Waals surface area contributed by atoms with E-state index in [0.717, 1.165) is 18.4 Å². The molecule has 0 fully saturated rings. The predicted molar refractivity (Wildman–Crippen MR) is 78.6 cm³/mol. The Labute approximate surface area is 113 Å². The zero-order valence-electron chi connectivity index (χ0n) is 11.1. The lowest BCUT2D eigenvalue weighted by Crippen LogP contribution is -2.03. The van der Waals surface area contributed by atoms with Crippen LogP contribution in [-0.4, -0.2) is 0 Å². The van der Waals surface area contributed by atoms with Gasteiger partial charge in [-0.3, -0.25) is 0 Å². The van der Waals surface area contributed by atoms with E-state index in [1.807, 2.05) is 0 Å². The summed E-state index contributed by atoms with van der Waals surface area (Å²) in [6, 6.07) is 12.8. The third kappa shape index (κ3) is 3.71. The number of nitrogens with two attached hydrogens (primary N) is 1. The van der Waals surface area contributed by atoms with Crippen molar-refractivity contribution in [1.29, 1.82) is 0 Å². The average molecular weight is 258 g/mol. The molecule has 0 radical (unpaired) electrons. The molecular weight excluding hydrogens is 239 g/mol. The third-order valence-electron chi connectivity index (χ3n) is 3.06. The SMILES string of the molecule is CCCc1ccc(CNc2cc(F)ccc2N)cc1. The highest BCUT2D eigenvalue weighted by Crippen LogP contribution is 2.20. The number of benzene rings is 2. The van der Waals surface area contributed by atoms with Gasteiger partial charge in [0.05, 0.1) is 11.4 Å². The van der Waals surface area contributed by atoms with Crippen LogP contribution in [0, 0.1) is 5.82 Å². The lowest BCUT2D eigenvalue weighted by Gasteiger charge is -2.10. The molecule has 0 aliphatic carbocycles. The number of nitrogen functional groups attached to an aromatic ring is 1. The minimum absolute atomic E-state index is 0.282. The molecule has 0 amide bonds. The van der Waals surface area contributed by atoms with Crippen LogP contribution in [0.25, 0.3) is 0 Å². The molecule has 3 N–H and O–H groups in total. The molecule has 0 aromatic heterocycles. The van der Waals surface area contributed by atoms with Crippen molar-refractivity contribution >= 4 is 11.4 Å². The maximum atomic E-state index is 13.1. The lowest BCUT2D eigenvalue weighted by molar-refractivity contribution is 0.628. The van der Waals surface area contributed by atoms with E-state index in [1.54, 1.807) is 6.07 Å². The van der Waals surface area contributed by atoms with Gasteiger partial charge in [0.15, 0.2) is 0 Å². The van der Waals surface area contributed by atoms with Crippen molar-refractivity contribution in [1.82, 2.24) is 0 Å². The molecule has 0 saturated carbocycles. The molecule has 3 heteroatoms. The van der Waals surface area contributed by atoms with E-state index in [0.29, 0.717) is 17.9 Å². The highest BCUT2D eigenvalue weighted by molar-refractivity contribution is 5.65. The maximum absolute atomic E-state index is 13.1. The zero-order chi connectivity index (χ0) is 13.7. The van der Waals surface area contributed by atoms with Crippen LogP contribution in [0.15, 0.2) is 42.5 Å². The van der Waals surface area contributed by atoms with Gasteiger partial charge in [-0.2, -0.15) is 0 Å². The molecule has 2 aromatic rings. The second kappa shape index (κ2) is 6.23. The molecule has 2 aromatic carbocycles. The van der Waals surface area contributed by atoms with E-state index in [1.165, 1.54) is 17.7 Å². The Morgan fingerprint density at radius 3 is 2.42 bits per heavy atom. The zero-order valence-corrected chi connectivity index (χ0v) is 11.1. The molecule has 0 aliphatic heterocycles. The molecule has 0 bridgehead atoms. The number of rotatable bonds is 5. The van der Waals surface area contributed by atoms with E-state index < -0.39 is 0 Å². The Balaban J connectivity index is 2.00. The van der Waals surface area contributed by atoms with Crippen LogP contribution in [0.3, 0.4) is 0 Å². The molecule has 0 spiro atoms. The normalized spacial score (nSPS) is 10.4. The summed E-state index contributed by atoms with van der Waals surface area (Å²) in [5, 5.41) is 3.16. The predicted octanol–water partition coefficient (Wildman–Crippen LogP) is 3.97. The van der Waals surface area contributed by atoms with Gasteiger partial charge < -0.3 is 11.1 Å². The first kappa shape index (κ1) is 13.4. The van der Waals surface area contributed by atoms with Crippen molar-refractivity contribution in [2.45, 2.75) is 26.3 Å². The first-order valence-electron chi connectivity index (χ1n) is 6.55. The fraction of sp³-hybridized carbons (Fsp3) is 0.250. The highest BCUT2D eigenvalue weighted by Gasteiger charge is 2.01. The quantitative estimate of drug-likeness (QED) is 0.796. The van der Waals surface area contributed by atoms with Crippen LogP contribution in [0.1, 0.15) is 24.5 Å². The number of hydrogen-bond donors (Lipinski definition) is 2. The van der Waals surface area contributed by atoms with E-state index >= 15 is 0 Å². The van der Waals surface area contributed by atoms with Gasteiger partial charge in [0.25, 0.3) is 0 Å². The van der Waals surface area contributed by atoms with Gasteiger partial charge in [-0.15, -0.1) is 0 Å². The van der Waals surface area contributed by atoms with Gasteiger partial charge in [0.1, 0.15) is 5.82 Å². The summed E-state index contributed by atoms with van der Waals surface area (Å²) in [5.41, 5.74) is 9.48. The minimum Gasteiger partial charge on any atom is -0.397 e. The number of halogens is 1. The number of aryl methyl sites for hydroxylation is 1. The van der Waals surface area contributed by atoms with Crippen molar-refractivity contribution < 1.29 is 4.39 Å². The van der Waals surface area contributed by atoms with Crippen molar-refractivity contribution in [3.63, 3.8) is 0 Å². The first-order chi connectivity index (χ1) is 9.19. The average Bonchev–Trinajstić information content (AvgIpc) is 2.42. The smallest absolute Gasteiger partial charge is 0.125 e. The van der Waals surface area contributed by atoms with Crippen molar-refractivity contribution in [2.75, 3.05) is 11.1 Å². The summed E-state index contributed by atoms with van der Waals surface area (Å²) in [6.45, 7) is 2.81. The van der Waals surface area contributed by atoms with E-state index in [9.17, 15) is 4.39 Å². The number of nitrogens with one attached hydrogen (secondary N) is 1. The van der Waals surface area contributed by atoms with Crippen molar-refractivity contribution in [2.24, 2.45) is 0 Å². The van der Waals surface area contributed by atoms with Crippen molar-refractivity contribution in [3.05, 3.63) is 59.4 Å². The molecule has 100 valence electrons. The molecule has 0 aliphatic rings. The van der Waals surface area contributed by atoms with Gasteiger partial charge in [0, 0.05) is 6.54 Å². The van der Waals surface area contributed by atoms with Crippen molar-refractivity contribution in [3.8, 4) is 0 Å². The van der Waals surface area contributed by atoms with Gasteiger partial charge in [-0.05, 0) is 35.7 Å². The molecule has 2 rings (SSSR count). The summed E-state index contributed by atoms with van der Waals surface area (Å²) >= 11 is 0. The standard InChI is InChI=1S/C16H19FN2/c1-2-3-12-4-6-13(7-5-12)11-19-16-10-14(17)8-9-15(16)18/h4-10,19H,2-3,11,18H2,1H3. The first-order valence-corrected chi connectivity index (χ1v) is 6.55. The van der Waals surface area contributed by atoms with Gasteiger partial charge >= 0.3 is 0 Å². The van der Waals surface area contributed by atoms with Gasteiger partial charge in [0.2, 0.25) is 0 Å². The molecule has 2 nitrogen and oxygen atoms in total. The Morgan fingerprint density at radius 1 is 1.05 bits per heavy atom. The summed E-state index contributed by atoms with van der Waals surface area (Å²) in [5.74, 6) is -0.282. The van der Waals surface area contributed by atoms with Crippen LogP contribution < -0.4 is 11.1 Å². The molecular formula is C16H19FN2. The Hall–Kier alpha value is -2.03. The summed E-state index contributed by atoms with van der Waals surface area (Å²) < 4.78 is 13.1. The van der Waals surface area contributed by atoms with E-state index in [4.69, 9.17) is 5.73 Å². The third-order valence-corrected chi connectivity index (χ3v) is 3.06. The fourth-order valence-electron chi connectivity index (χ4n) is 1.99. The largest absolute Gasteiger partial charge is 0.397 e. The van der Waals surface area contributed by atoms with Crippen LogP contribution in [0.2, 0.25) is 0 Å². The van der Waals surface area contributed by atoms with E-state index in [-0.39, 0.29) is 5.82 Å². The van der Waals surface area contributed by atoms with Crippen LogP contribution >= 0.6 is 0 Å². The summed E-state index contributed by atoms with van der Waals surface area (Å²) in [7, 11) is 0. The van der Waals surface area contributed by atoms with E-state index in [2.05, 4.69) is 36.5 Å². The number of hydrogen-bond acceptors (Lipinski definition) is 2. The van der Waals surface area contributed by atoms with Gasteiger partial charge in [-0.25, -0.2) is 4.39 Å².